The van der Waals surface area contributed by atoms with E-state index in [-0.39, 0.29) is 19.4 Å². The highest BCUT2D eigenvalue weighted by atomic mass is 35.5. The van der Waals surface area contributed by atoms with Crippen LogP contribution >= 0.6 is 22.9 Å². The van der Waals surface area contributed by atoms with Crippen molar-refractivity contribution in [3.63, 3.8) is 0 Å². The van der Waals surface area contributed by atoms with E-state index in [1.54, 1.807) is 24.4 Å². The molecule has 2 N–H and O–H groups in total. The molecule has 3 aromatic rings. The summed E-state index contributed by atoms with van der Waals surface area (Å²) in [7, 11) is 1.25. The fourth-order valence-corrected chi connectivity index (χ4v) is 6.70. The summed E-state index contributed by atoms with van der Waals surface area (Å²) in [6, 6.07) is 3.28. The number of carbonyl (C=O) groups excluding carboxylic acids is 2. The topological polar surface area (TPSA) is 145 Å². The van der Waals surface area contributed by atoms with Crippen molar-refractivity contribution in [1.29, 1.82) is 0 Å². The minimum absolute atomic E-state index is 0.0856. The van der Waals surface area contributed by atoms with Crippen LogP contribution in [0.1, 0.15) is 18.4 Å². The van der Waals surface area contributed by atoms with E-state index in [1.807, 2.05) is 4.90 Å². The monoisotopic (exact) mass is 563 g/mol. The van der Waals surface area contributed by atoms with Gasteiger partial charge in [0, 0.05) is 53.9 Å². The second-order valence-corrected chi connectivity index (χ2v) is 11.0. The van der Waals surface area contributed by atoms with Crippen LogP contribution in [0.5, 0.6) is 0 Å². The summed E-state index contributed by atoms with van der Waals surface area (Å²) in [6.45, 7) is 1.91. The molecule has 14 heteroatoms. The average Bonchev–Trinajstić information content (AvgIpc) is 3.44. The molecule has 0 saturated carbocycles. The Kier molecular flexibility index (Phi) is 7.21. The zero-order valence-electron chi connectivity index (χ0n) is 19.8. The number of nitrogens with zero attached hydrogens (tertiary/aromatic N) is 5. The average molecular weight is 564 g/mol. The van der Waals surface area contributed by atoms with Gasteiger partial charge in [-0.15, -0.1) is 0 Å². The third-order valence-electron chi connectivity index (χ3n) is 6.71. The van der Waals surface area contributed by atoms with E-state index in [9.17, 15) is 18.4 Å². The van der Waals surface area contributed by atoms with E-state index in [2.05, 4.69) is 9.97 Å². The number of thiazole rings is 1. The predicted octanol–water partition coefficient (Wildman–Crippen LogP) is 2.12. The number of nitrogen functional groups attached to an aromatic ring is 1. The number of rotatable bonds is 8. The summed E-state index contributed by atoms with van der Waals surface area (Å²) in [5.41, 5.74) is 6.57. The van der Waals surface area contributed by atoms with Crippen LogP contribution in [0.4, 0.5) is 16.0 Å². The van der Waals surface area contributed by atoms with Gasteiger partial charge >= 0.3 is 5.97 Å². The van der Waals surface area contributed by atoms with Crippen molar-refractivity contribution in [3.05, 3.63) is 41.2 Å². The Labute approximate surface area is 224 Å². The number of benzene rings is 1. The molecule has 2 aliphatic rings. The fraction of sp³-hybridized carbons (Fsp3) is 0.391. The number of methoxy groups -OCH3 is 1. The molecule has 1 amide bonds. The van der Waals surface area contributed by atoms with Crippen LogP contribution in [-0.2, 0) is 32.0 Å². The first-order valence-electron chi connectivity index (χ1n) is 11.6. The molecule has 0 bridgehead atoms. The summed E-state index contributed by atoms with van der Waals surface area (Å²) in [5, 5.41) is 2.91. The molecule has 1 aromatic carbocycles. The second kappa shape index (κ2) is 10.4. The van der Waals surface area contributed by atoms with Crippen molar-refractivity contribution >= 4 is 72.8 Å². The number of ether oxygens (including phenoxy) is 1. The molecule has 2 saturated heterocycles. The Morgan fingerprint density at radius 3 is 2.84 bits per heavy atom. The van der Waals surface area contributed by atoms with Gasteiger partial charge in [-0.25, -0.2) is 14.8 Å². The second-order valence-electron chi connectivity index (χ2n) is 8.80. The van der Waals surface area contributed by atoms with E-state index in [0.717, 1.165) is 29.2 Å². The molecule has 2 aromatic heterocycles. The lowest BCUT2D eigenvalue weighted by Crippen LogP contribution is -2.49. The number of nitrogens with two attached hydrogens (primary N) is 1. The molecule has 5 rings (SSSR count). The van der Waals surface area contributed by atoms with Gasteiger partial charge in [0.05, 0.1) is 13.3 Å². The van der Waals surface area contributed by atoms with Crippen LogP contribution in [0.2, 0.25) is 5.02 Å². The molecular formula is C23H24ClN6O5S2-. The third kappa shape index (κ3) is 4.83. The number of aromatic nitrogens is 2. The van der Waals surface area contributed by atoms with Crippen molar-refractivity contribution in [1.82, 2.24) is 14.9 Å². The number of anilines is 3. The number of carbonyl (C=O) groups is 2. The molecular weight excluding hydrogens is 540 g/mol. The van der Waals surface area contributed by atoms with Gasteiger partial charge in [0.2, 0.25) is 5.91 Å². The molecule has 2 aliphatic heterocycles. The number of hydrogen-bond donors (Lipinski definition) is 1. The van der Waals surface area contributed by atoms with Gasteiger partial charge in [0.15, 0.2) is 5.13 Å². The lowest BCUT2D eigenvalue weighted by atomic mass is 10.0. The van der Waals surface area contributed by atoms with Crippen molar-refractivity contribution in [3.8, 4) is 0 Å². The maximum Gasteiger partial charge on any atom is 0.328 e. The largest absolute Gasteiger partial charge is 0.755 e. The number of pyridine rings is 1. The van der Waals surface area contributed by atoms with Gasteiger partial charge in [-0.3, -0.25) is 13.3 Å². The Hall–Kier alpha value is -3.00. The normalized spacial score (nSPS) is 19.1. The van der Waals surface area contributed by atoms with Crippen LogP contribution in [0.25, 0.3) is 10.8 Å². The molecule has 0 aliphatic carbocycles. The molecule has 1 unspecified atom stereocenters. The first-order chi connectivity index (χ1) is 17.8. The van der Waals surface area contributed by atoms with Gasteiger partial charge in [0.25, 0.3) is 0 Å². The number of likely N-dealkylation sites (tertiary alicyclic amines) is 1. The summed E-state index contributed by atoms with van der Waals surface area (Å²) in [5.74, 6) is -0.769. The molecule has 196 valence electrons. The van der Waals surface area contributed by atoms with Crippen LogP contribution in [0.15, 0.2) is 30.6 Å². The Bertz CT molecular complexity index is 1380. The Morgan fingerprint density at radius 2 is 2.16 bits per heavy atom. The number of halogens is 1. The highest BCUT2D eigenvalue weighted by Gasteiger charge is 2.43. The number of fused-ring (bicyclic) bond motifs is 1. The van der Waals surface area contributed by atoms with Gasteiger partial charge in [0.1, 0.15) is 22.9 Å². The van der Waals surface area contributed by atoms with E-state index in [0.29, 0.717) is 31.9 Å². The zero-order valence-corrected chi connectivity index (χ0v) is 22.2. The summed E-state index contributed by atoms with van der Waals surface area (Å²) < 4.78 is 30.6. The molecule has 11 nitrogen and oxygen atoms in total. The SMILES string of the molecule is COC(=O)[C@@H](Cc1cc2ccnc(N)c2cc1Cl)N1CC[C@H](N(c2cnc(N3CCC3)s2)S(=O)[O-])C1=O. The van der Waals surface area contributed by atoms with Crippen LogP contribution in [-0.4, -0.2) is 74.3 Å². The Morgan fingerprint density at radius 1 is 1.38 bits per heavy atom. The summed E-state index contributed by atoms with van der Waals surface area (Å²) in [6.07, 6.45) is 4.40. The highest BCUT2D eigenvalue weighted by molar-refractivity contribution is 7.81. The minimum atomic E-state index is -2.72. The van der Waals surface area contributed by atoms with Crippen LogP contribution in [0.3, 0.4) is 0 Å². The first-order valence-corrected chi connectivity index (χ1v) is 13.8. The molecule has 0 radical (unpaired) electrons. The molecule has 3 atom stereocenters. The quantitative estimate of drug-likeness (QED) is 0.321. The summed E-state index contributed by atoms with van der Waals surface area (Å²) >= 11 is 5.02. The van der Waals surface area contributed by atoms with Crippen molar-refractivity contribution in [2.45, 2.75) is 31.3 Å². The van der Waals surface area contributed by atoms with Gasteiger partial charge < -0.3 is 24.8 Å². The van der Waals surface area contributed by atoms with Gasteiger partial charge in [-0.05, 0) is 42.0 Å². The van der Waals surface area contributed by atoms with E-state index < -0.39 is 35.2 Å². The van der Waals surface area contributed by atoms with E-state index in [4.69, 9.17) is 22.1 Å². The zero-order chi connectivity index (χ0) is 26.3. The standard InChI is InChI=1S/C23H25ClN6O5S2/c1-35-22(32)18(10-14-9-13-3-5-26-20(25)15(13)11-16(14)24)29-8-4-17(21(29)31)30(37(33)34)19-12-27-23(36-19)28-6-2-7-28/h3,5,9,11-12,17-18H,2,4,6-8,10H2,1H3,(H2,25,26)(H,33,34)/p-1/t17-,18+/m0/s1. The fourth-order valence-electron chi connectivity index (χ4n) is 4.64. The maximum absolute atomic E-state index is 13.5. The smallest absolute Gasteiger partial charge is 0.328 e. The van der Waals surface area contributed by atoms with Crippen LogP contribution in [0, 0.1) is 0 Å². The number of hydrogen-bond acceptors (Lipinski definition) is 10. The third-order valence-corrected chi connectivity index (χ3v) is 9.00. The van der Waals surface area contributed by atoms with Gasteiger partial charge in [-0.2, -0.15) is 0 Å². The highest BCUT2D eigenvalue weighted by Crippen LogP contribution is 2.36. The van der Waals surface area contributed by atoms with Crippen molar-refractivity contribution in [2.75, 3.05) is 41.7 Å². The molecule has 0 spiro atoms. The molecule has 4 heterocycles. The number of amides is 1. The molecule has 37 heavy (non-hydrogen) atoms. The summed E-state index contributed by atoms with van der Waals surface area (Å²) in [4.78, 5) is 38.2. The molecule has 2 fully saturated rings. The van der Waals surface area contributed by atoms with Crippen molar-refractivity contribution in [2.24, 2.45) is 0 Å². The van der Waals surface area contributed by atoms with Gasteiger partial charge in [-0.1, -0.05) is 22.9 Å². The first kappa shape index (κ1) is 25.6. The Balaban J connectivity index is 1.41. The van der Waals surface area contributed by atoms with E-state index in [1.165, 1.54) is 29.5 Å². The van der Waals surface area contributed by atoms with E-state index >= 15 is 0 Å². The van der Waals surface area contributed by atoms with Crippen molar-refractivity contribution < 1.29 is 23.1 Å². The van der Waals surface area contributed by atoms with Crippen LogP contribution < -0.4 is 14.9 Å². The minimum Gasteiger partial charge on any atom is -0.755 e. The maximum atomic E-state index is 13.5. The lowest BCUT2D eigenvalue weighted by molar-refractivity contribution is -0.151. The predicted molar refractivity (Wildman–Crippen MR) is 141 cm³/mol. The number of esters is 1. The lowest BCUT2D eigenvalue weighted by Gasteiger charge is -2.32.